The molecule has 0 fully saturated rings. The van der Waals surface area contributed by atoms with Crippen molar-refractivity contribution in [2.75, 3.05) is 6.54 Å². The van der Waals surface area contributed by atoms with Crippen molar-refractivity contribution in [2.45, 2.75) is 26.2 Å². The molecule has 0 aromatic carbocycles. The van der Waals surface area contributed by atoms with Crippen LogP contribution in [-0.4, -0.2) is 21.1 Å². The smallest absolute Gasteiger partial charge is 0.155 e. The van der Waals surface area contributed by atoms with Crippen molar-refractivity contribution in [3.8, 4) is 0 Å². The fourth-order valence-electron chi connectivity index (χ4n) is 1.61. The molecular formula is C11H16N4. The quantitative estimate of drug-likeness (QED) is 0.821. The van der Waals surface area contributed by atoms with Crippen LogP contribution in [-0.2, 0) is 6.42 Å². The molecule has 80 valence electrons. The highest BCUT2D eigenvalue weighted by Gasteiger charge is 2.10. The molecule has 0 amide bonds. The SMILES string of the molecule is CCc1nc2cccc(C(C)CN)n2n1. The molecule has 4 heteroatoms. The largest absolute Gasteiger partial charge is 0.330 e. The summed E-state index contributed by atoms with van der Waals surface area (Å²) in [4.78, 5) is 4.42. The van der Waals surface area contributed by atoms with Gasteiger partial charge in [-0.1, -0.05) is 19.9 Å². The van der Waals surface area contributed by atoms with Gasteiger partial charge in [0.2, 0.25) is 0 Å². The van der Waals surface area contributed by atoms with Crippen LogP contribution in [0.4, 0.5) is 0 Å². The Bertz CT molecular complexity index is 461. The van der Waals surface area contributed by atoms with Gasteiger partial charge >= 0.3 is 0 Å². The third kappa shape index (κ3) is 1.72. The number of nitrogens with two attached hydrogens (primary N) is 1. The normalized spacial score (nSPS) is 13.3. The molecule has 4 nitrogen and oxygen atoms in total. The Labute approximate surface area is 89.1 Å². The minimum absolute atomic E-state index is 0.306. The van der Waals surface area contributed by atoms with Gasteiger partial charge in [0.25, 0.3) is 0 Å². The van der Waals surface area contributed by atoms with Crippen LogP contribution in [0.25, 0.3) is 5.65 Å². The van der Waals surface area contributed by atoms with Gasteiger partial charge in [0, 0.05) is 24.6 Å². The third-order valence-corrected chi connectivity index (χ3v) is 2.61. The highest BCUT2D eigenvalue weighted by atomic mass is 15.3. The van der Waals surface area contributed by atoms with Crippen molar-refractivity contribution in [1.29, 1.82) is 0 Å². The van der Waals surface area contributed by atoms with Gasteiger partial charge in [0.05, 0.1) is 0 Å². The third-order valence-electron chi connectivity index (χ3n) is 2.61. The molecule has 0 aliphatic heterocycles. The van der Waals surface area contributed by atoms with Crippen molar-refractivity contribution in [3.05, 3.63) is 29.7 Å². The standard InChI is InChI=1S/C11H16N4/c1-3-10-13-11-6-4-5-9(8(2)7-12)15(11)14-10/h4-6,8H,3,7,12H2,1-2H3. The van der Waals surface area contributed by atoms with E-state index in [1.807, 2.05) is 16.6 Å². The van der Waals surface area contributed by atoms with Crippen molar-refractivity contribution < 1.29 is 0 Å². The van der Waals surface area contributed by atoms with Crippen LogP contribution in [0, 0.1) is 0 Å². The molecule has 1 unspecified atom stereocenters. The fraction of sp³-hybridized carbons (Fsp3) is 0.455. The Morgan fingerprint density at radius 3 is 2.93 bits per heavy atom. The second kappa shape index (κ2) is 3.98. The second-order valence-corrected chi connectivity index (χ2v) is 3.74. The first-order chi connectivity index (χ1) is 7.26. The molecule has 2 aromatic rings. The van der Waals surface area contributed by atoms with E-state index in [0.29, 0.717) is 12.5 Å². The zero-order chi connectivity index (χ0) is 10.8. The summed E-state index contributed by atoms with van der Waals surface area (Å²) in [5, 5.41) is 4.45. The van der Waals surface area contributed by atoms with Gasteiger partial charge in [-0.15, -0.1) is 0 Å². The lowest BCUT2D eigenvalue weighted by Gasteiger charge is -2.09. The van der Waals surface area contributed by atoms with Crippen molar-refractivity contribution >= 4 is 5.65 Å². The zero-order valence-corrected chi connectivity index (χ0v) is 9.14. The molecule has 0 radical (unpaired) electrons. The summed E-state index contributed by atoms with van der Waals surface area (Å²) in [6.07, 6.45) is 0.859. The predicted molar refractivity (Wildman–Crippen MR) is 59.8 cm³/mol. The average molecular weight is 204 g/mol. The van der Waals surface area contributed by atoms with Crippen LogP contribution in [0.3, 0.4) is 0 Å². The zero-order valence-electron chi connectivity index (χ0n) is 9.14. The summed E-state index contributed by atoms with van der Waals surface area (Å²) >= 11 is 0. The molecule has 0 spiro atoms. The molecule has 0 bridgehead atoms. The van der Waals surface area contributed by atoms with Crippen molar-refractivity contribution in [3.63, 3.8) is 0 Å². The first kappa shape index (κ1) is 10.1. The molecule has 0 aliphatic carbocycles. The summed E-state index contributed by atoms with van der Waals surface area (Å²) in [6, 6.07) is 6.03. The first-order valence-electron chi connectivity index (χ1n) is 5.31. The molecule has 2 N–H and O–H groups in total. The number of fused-ring (bicyclic) bond motifs is 1. The fourth-order valence-corrected chi connectivity index (χ4v) is 1.61. The highest BCUT2D eigenvalue weighted by molar-refractivity contribution is 5.39. The van der Waals surface area contributed by atoms with E-state index in [4.69, 9.17) is 5.73 Å². The summed E-state index contributed by atoms with van der Waals surface area (Å²) < 4.78 is 1.90. The topological polar surface area (TPSA) is 56.2 Å². The Hall–Kier alpha value is -1.42. The van der Waals surface area contributed by atoms with E-state index in [2.05, 4.69) is 30.0 Å². The maximum absolute atomic E-state index is 5.67. The second-order valence-electron chi connectivity index (χ2n) is 3.74. The van der Waals surface area contributed by atoms with Crippen LogP contribution in [0.5, 0.6) is 0 Å². The van der Waals surface area contributed by atoms with E-state index in [-0.39, 0.29) is 0 Å². The van der Waals surface area contributed by atoms with Gasteiger partial charge < -0.3 is 5.73 Å². The summed E-state index contributed by atoms with van der Waals surface area (Å²) in [5.74, 6) is 1.19. The summed E-state index contributed by atoms with van der Waals surface area (Å²) in [7, 11) is 0. The number of nitrogens with zero attached hydrogens (tertiary/aromatic N) is 3. The van der Waals surface area contributed by atoms with Crippen molar-refractivity contribution in [2.24, 2.45) is 5.73 Å². The van der Waals surface area contributed by atoms with Crippen LogP contribution >= 0.6 is 0 Å². The summed E-state index contributed by atoms with van der Waals surface area (Å²) in [5.41, 5.74) is 7.71. The molecular weight excluding hydrogens is 188 g/mol. The number of pyridine rings is 1. The number of hydrogen-bond acceptors (Lipinski definition) is 3. The Morgan fingerprint density at radius 1 is 1.47 bits per heavy atom. The van der Waals surface area contributed by atoms with Gasteiger partial charge in [-0.3, -0.25) is 0 Å². The van der Waals surface area contributed by atoms with Gasteiger partial charge in [-0.05, 0) is 12.1 Å². The van der Waals surface area contributed by atoms with E-state index in [9.17, 15) is 0 Å². The monoisotopic (exact) mass is 204 g/mol. The van der Waals surface area contributed by atoms with Crippen LogP contribution in [0.1, 0.15) is 31.3 Å². The number of aryl methyl sites for hydroxylation is 1. The molecule has 0 saturated carbocycles. The van der Waals surface area contributed by atoms with E-state index in [0.717, 1.165) is 23.6 Å². The van der Waals surface area contributed by atoms with E-state index < -0.39 is 0 Å². The molecule has 0 saturated heterocycles. The van der Waals surface area contributed by atoms with Gasteiger partial charge in [0.15, 0.2) is 11.5 Å². The number of hydrogen-bond donors (Lipinski definition) is 1. The molecule has 15 heavy (non-hydrogen) atoms. The predicted octanol–water partition coefficient (Wildman–Crippen LogP) is 1.35. The van der Waals surface area contributed by atoms with Gasteiger partial charge in [0.1, 0.15) is 0 Å². The van der Waals surface area contributed by atoms with Crippen LogP contribution < -0.4 is 5.73 Å². The Kier molecular flexibility index (Phi) is 2.68. The van der Waals surface area contributed by atoms with Gasteiger partial charge in [-0.2, -0.15) is 5.10 Å². The van der Waals surface area contributed by atoms with E-state index in [1.165, 1.54) is 0 Å². The average Bonchev–Trinajstić information content (AvgIpc) is 2.70. The minimum Gasteiger partial charge on any atom is -0.330 e. The molecule has 2 heterocycles. The molecule has 0 aliphatic rings. The first-order valence-corrected chi connectivity index (χ1v) is 5.31. The maximum atomic E-state index is 5.67. The van der Waals surface area contributed by atoms with Gasteiger partial charge in [-0.25, -0.2) is 9.50 Å². The van der Waals surface area contributed by atoms with E-state index >= 15 is 0 Å². The lowest BCUT2D eigenvalue weighted by molar-refractivity contribution is 0.700. The summed E-state index contributed by atoms with van der Waals surface area (Å²) in [6.45, 7) is 4.78. The molecule has 2 aromatic heterocycles. The highest BCUT2D eigenvalue weighted by Crippen LogP contribution is 2.15. The molecule has 2 rings (SSSR count). The number of aromatic nitrogens is 3. The number of rotatable bonds is 3. The maximum Gasteiger partial charge on any atom is 0.155 e. The van der Waals surface area contributed by atoms with Crippen molar-refractivity contribution in [1.82, 2.24) is 14.6 Å². The molecule has 1 atom stereocenters. The lowest BCUT2D eigenvalue weighted by Crippen LogP contribution is -2.12. The van der Waals surface area contributed by atoms with E-state index in [1.54, 1.807) is 0 Å². The van der Waals surface area contributed by atoms with Crippen LogP contribution in [0.2, 0.25) is 0 Å². The Morgan fingerprint density at radius 2 is 2.27 bits per heavy atom. The Balaban J connectivity index is 2.59. The van der Waals surface area contributed by atoms with Crippen LogP contribution in [0.15, 0.2) is 18.2 Å². The minimum atomic E-state index is 0.306. The lowest BCUT2D eigenvalue weighted by atomic mass is 10.1.